The minimum Gasteiger partial charge on any atom is -0.469 e. The van der Waals surface area contributed by atoms with Crippen LogP contribution in [0.2, 0.25) is 0 Å². The number of nitrogen functional groups attached to an aromatic ring is 1. The summed E-state index contributed by atoms with van der Waals surface area (Å²) in [5.74, 6) is -0.523. The molecule has 0 aromatic carbocycles. The number of nitrogens with zero attached hydrogens (tertiary/aromatic N) is 3. The number of hydrogen-bond donors (Lipinski definition) is 1. The van der Waals surface area contributed by atoms with Crippen molar-refractivity contribution in [2.45, 2.75) is 13.3 Å². The van der Waals surface area contributed by atoms with Gasteiger partial charge in [-0.15, -0.1) is 0 Å². The number of ether oxygens (including phenoxy) is 1. The molecule has 1 saturated heterocycles. The Kier molecular flexibility index (Phi) is 3.14. The molecule has 2 N–H and O–H groups in total. The van der Waals surface area contributed by atoms with E-state index in [4.69, 9.17) is 5.73 Å². The maximum absolute atomic E-state index is 11.8. The summed E-state index contributed by atoms with van der Waals surface area (Å²) in [6.45, 7) is 1.99. The minimum absolute atomic E-state index is 0.115. The molecule has 7 nitrogen and oxygen atoms in total. The summed E-state index contributed by atoms with van der Waals surface area (Å²) in [7, 11) is 1.30. The zero-order valence-electron chi connectivity index (χ0n) is 10.2. The van der Waals surface area contributed by atoms with Crippen LogP contribution in [-0.2, 0) is 14.3 Å². The van der Waals surface area contributed by atoms with Crippen LogP contribution in [0.1, 0.15) is 12.1 Å². The molecule has 0 aliphatic carbocycles. The first-order chi connectivity index (χ1) is 8.51. The molecule has 0 spiro atoms. The lowest BCUT2D eigenvalue weighted by atomic mass is 10.1. The largest absolute Gasteiger partial charge is 0.469 e. The monoisotopic (exact) mass is 250 g/mol. The summed E-state index contributed by atoms with van der Waals surface area (Å²) in [5.41, 5.74) is 6.29. The first kappa shape index (κ1) is 12.3. The van der Waals surface area contributed by atoms with Crippen LogP contribution in [0.3, 0.4) is 0 Å². The highest BCUT2D eigenvalue weighted by Crippen LogP contribution is 2.23. The van der Waals surface area contributed by atoms with Crippen molar-refractivity contribution >= 4 is 23.6 Å². The van der Waals surface area contributed by atoms with E-state index in [1.54, 1.807) is 13.0 Å². The first-order valence-corrected chi connectivity index (χ1v) is 5.50. The van der Waals surface area contributed by atoms with E-state index < -0.39 is 11.9 Å². The topological polar surface area (TPSA) is 98.4 Å². The number of amides is 1. The van der Waals surface area contributed by atoms with E-state index in [1.807, 2.05) is 0 Å². The fraction of sp³-hybridized carbons (Fsp3) is 0.455. The molecule has 1 aliphatic rings. The normalized spacial score (nSPS) is 19.1. The van der Waals surface area contributed by atoms with Crippen LogP contribution in [0.5, 0.6) is 0 Å². The number of hydrogen-bond acceptors (Lipinski definition) is 6. The van der Waals surface area contributed by atoms with Crippen molar-refractivity contribution in [3.63, 3.8) is 0 Å². The van der Waals surface area contributed by atoms with Gasteiger partial charge in [-0.1, -0.05) is 0 Å². The molecule has 1 amide bonds. The highest BCUT2D eigenvalue weighted by atomic mass is 16.5. The molecule has 0 saturated carbocycles. The Balaban J connectivity index is 2.24. The van der Waals surface area contributed by atoms with Crippen LogP contribution in [-0.4, -0.2) is 35.5 Å². The van der Waals surface area contributed by atoms with Crippen molar-refractivity contribution in [2.75, 3.05) is 24.3 Å². The predicted octanol–water partition coefficient (Wildman–Crippen LogP) is -0.107. The molecule has 0 bridgehead atoms. The number of nitrogens with two attached hydrogens (primary N) is 1. The van der Waals surface area contributed by atoms with Gasteiger partial charge in [0, 0.05) is 24.7 Å². The van der Waals surface area contributed by atoms with Crippen molar-refractivity contribution in [1.82, 2.24) is 9.97 Å². The summed E-state index contributed by atoms with van der Waals surface area (Å²) in [5, 5.41) is 0. The fourth-order valence-corrected chi connectivity index (χ4v) is 1.92. The molecule has 1 aromatic rings. The number of carbonyl (C=O) groups excluding carboxylic acids is 2. The lowest BCUT2D eigenvalue weighted by Crippen LogP contribution is -2.28. The Morgan fingerprint density at radius 1 is 1.56 bits per heavy atom. The van der Waals surface area contributed by atoms with Crippen molar-refractivity contribution in [2.24, 2.45) is 5.92 Å². The molecule has 1 unspecified atom stereocenters. The number of carbonyl (C=O) groups is 2. The summed E-state index contributed by atoms with van der Waals surface area (Å²) in [6.07, 6.45) is 0.115. The van der Waals surface area contributed by atoms with Crippen molar-refractivity contribution in [3.05, 3.63) is 11.8 Å². The van der Waals surface area contributed by atoms with Gasteiger partial charge in [0.15, 0.2) is 0 Å². The Bertz CT molecular complexity index is 483. The quantitative estimate of drug-likeness (QED) is 0.735. The molecule has 1 atom stereocenters. The number of esters is 1. The van der Waals surface area contributed by atoms with Crippen LogP contribution < -0.4 is 10.6 Å². The standard InChI is InChI=1S/C11H14N4O3/c1-6-3-8(12)14-11(13-6)15-5-7(4-9(15)16)10(17)18-2/h3,7H,4-5H2,1-2H3,(H2,12,13,14). The van der Waals surface area contributed by atoms with E-state index >= 15 is 0 Å². The second-order valence-corrected chi connectivity index (χ2v) is 4.16. The minimum atomic E-state index is -0.465. The molecule has 1 aliphatic heterocycles. The molecule has 2 rings (SSSR count). The third kappa shape index (κ3) is 2.24. The van der Waals surface area contributed by atoms with Crippen molar-refractivity contribution < 1.29 is 14.3 Å². The predicted molar refractivity (Wildman–Crippen MR) is 63.7 cm³/mol. The van der Waals surface area contributed by atoms with E-state index in [0.29, 0.717) is 11.5 Å². The summed E-state index contributed by atoms with van der Waals surface area (Å²) >= 11 is 0. The number of anilines is 2. The number of methoxy groups -OCH3 is 1. The van der Waals surface area contributed by atoms with Gasteiger partial charge in [-0.05, 0) is 6.92 Å². The summed E-state index contributed by atoms with van der Waals surface area (Å²) < 4.78 is 4.63. The Labute approximate surface area is 104 Å². The van der Waals surface area contributed by atoms with Gasteiger partial charge in [-0.25, -0.2) is 4.98 Å². The highest BCUT2D eigenvalue weighted by Gasteiger charge is 2.37. The Morgan fingerprint density at radius 3 is 2.89 bits per heavy atom. The maximum atomic E-state index is 11.8. The molecule has 1 aromatic heterocycles. The van der Waals surface area contributed by atoms with Crippen molar-refractivity contribution in [1.29, 1.82) is 0 Å². The van der Waals surface area contributed by atoms with Crippen LogP contribution >= 0.6 is 0 Å². The van der Waals surface area contributed by atoms with Crippen LogP contribution in [0.15, 0.2) is 6.07 Å². The van der Waals surface area contributed by atoms with Gasteiger partial charge in [-0.3, -0.25) is 14.5 Å². The van der Waals surface area contributed by atoms with Gasteiger partial charge in [0.1, 0.15) is 5.82 Å². The van der Waals surface area contributed by atoms with E-state index in [2.05, 4.69) is 14.7 Å². The number of aryl methyl sites for hydroxylation is 1. The van der Waals surface area contributed by atoms with Crippen LogP contribution in [0.25, 0.3) is 0 Å². The van der Waals surface area contributed by atoms with Gasteiger partial charge >= 0.3 is 5.97 Å². The van der Waals surface area contributed by atoms with Crippen LogP contribution in [0, 0.1) is 12.8 Å². The molecule has 0 radical (unpaired) electrons. The van der Waals surface area contributed by atoms with E-state index in [9.17, 15) is 9.59 Å². The molecular weight excluding hydrogens is 236 g/mol. The molecule has 2 heterocycles. The average molecular weight is 250 g/mol. The number of rotatable bonds is 2. The lowest BCUT2D eigenvalue weighted by molar-refractivity contribution is -0.145. The first-order valence-electron chi connectivity index (χ1n) is 5.50. The third-order valence-electron chi connectivity index (χ3n) is 2.76. The lowest BCUT2D eigenvalue weighted by Gasteiger charge is -2.14. The Hall–Kier alpha value is -2.18. The van der Waals surface area contributed by atoms with Gasteiger partial charge in [0.05, 0.1) is 13.0 Å². The van der Waals surface area contributed by atoms with E-state index in [-0.39, 0.29) is 24.8 Å². The third-order valence-corrected chi connectivity index (χ3v) is 2.76. The fourth-order valence-electron chi connectivity index (χ4n) is 1.92. The Morgan fingerprint density at radius 2 is 2.28 bits per heavy atom. The van der Waals surface area contributed by atoms with Crippen molar-refractivity contribution in [3.8, 4) is 0 Å². The molecule has 18 heavy (non-hydrogen) atoms. The summed E-state index contributed by atoms with van der Waals surface area (Å²) in [6, 6.07) is 1.61. The molecule has 96 valence electrons. The average Bonchev–Trinajstić information content (AvgIpc) is 2.69. The van der Waals surface area contributed by atoms with Gasteiger partial charge in [0.25, 0.3) is 0 Å². The van der Waals surface area contributed by atoms with Gasteiger partial charge in [0.2, 0.25) is 11.9 Å². The maximum Gasteiger partial charge on any atom is 0.311 e. The zero-order chi connectivity index (χ0) is 13.3. The molecular formula is C11H14N4O3. The van der Waals surface area contributed by atoms with E-state index in [1.165, 1.54) is 12.0 Å². The van der Waals surface area contributed by atoms with Gasteiger partial charge in [-0.2, -0.15) is 4.98 Å². The molecule has 1 fully saturated rings. The second kappa shape index (κ2) is 4.59. The second-order valence-electron chi connectivity index (χ2n) is 4.16. The zero-order valence-corrected chi connectivity index (χ0v) is 10.2. The molecule has 7 heteroatoms. The summed E-state index contributed by atoms with van der Waals surface area (Å²) in [4.78, 5) is 32.7. The highest BCUT2D eigenvalue weighted by molar-refractivity contribution is 5.98. The van der Waals surface area contributed by atoms with E-state index in [0.717, 1.165) is 0 Å². The van der Waals surface area contributed by atoms with Crippen LogP contribution in [0.4, 0.5) is 11.8 Å². The number of aromatic nitrogens is 2. The SMILES string of the molecule is COC(=O)C1CC(=O)N(c2nc(C)cc(N)n2)C1. The van der Waals surface area contributed by atoms with Gasteiger partial charge < -0.3 is 10.5 Å². The smallest absolute Gasteiger partial charge is 0.311 e.